The highest BCUT2D eigenvalue weighted by molar-refractivity contribution is 5.96. The molecule has 0 bridgehead atoms. The summed E-state index contributed by atoms with van der Waals surface area (Å²) >= 11 is 0. The van der Waals surface area contributed by atoms with Crippen LogP contribution in [0.3, 0.4) is 0 Å². The van der Waals surface area contributed by atoms with Gasteiger partial charge in [-0.15, -0.1) is 0 Å². The molecule has 4 nitrogen and oxygen atoms in total. The van der Waals surface area contributed by atoms with E-state index >= 15 is 0 Å². The summed E-state index contributed by atoms with van der Waals surface area (Å²) in [6.07, 6.45) is 0.842. The van der Waals surface area contributed by atoms with Crippen LogP contribution in [0.15, 0.2) is 54.6 Å². The van der Waals surface area contributed by atoms with Gasteiger partial charge in [0.15, 0.2) is 0 Å². The van der Waals surface area contributed by atoms with Crippen LogP contribution in [0.2, 0.25) is 0 Å². The highest BCUT2D eigenvalue weighted by Gasteiger charge is 2.43. The van der Waals surface area contributed by atoms with Gasteiger partial charge in [-0.2, -0.15) is 0 Å². The predicted octanol–water partition coefficient (Wildman–Crippen LogP) is 3.13. The summed E-state index contributed by atoms with van der Waals surface area (Å²) in [5.74, 6) is -0.805. The van der Waals surface area contributed by atoms with Crippen molar-refractivity contribution in [1.82, 2.24) is 0 Å². The number of rotatable bonds is 4. The summed E-state index contributed by atoms with van der Waals surface area (Å²) in [6.45, 7) is 0. The first kappa shape index (κ1) is 13.4. The molecule has 0 radical (unpaired) electrons. The lowest BCUT2D eigenvalue weighted by Crippen LogP contribution is -2.15. The van der Waals surface area contributed by atoms with E-state index in [4.69, 9.17) is 5.11 Å². The van der Waals surface area contributed by atoms with Crippen molar-refractivity contribution in [3.05, 3.63) is 65.7 Å². The molecule has 2 N–H and O–H groups in total. The summed E-state index contributed by atoms with van der Waals surface area (Å²) in [5, 5.41) is 11.7. The Kier molecular flexibility index (Phi) is 3.44. The second kappa shape index (κ2) is 5.40. The average Bonchev–Trinajstić information content (AvgIpc) is 3.29. The van der Waals surface area contributed by atoms with Gasteiger partial charge in [-0.05, 0) is 36.1 Å². The molecular formula is C17H15NO3. The maximum Gasteiger partial charge on any atom is 0.335 e. The largest absolute Gasteiger partial charge is 0.478 e. The lowest BCUT2D eigenvalue weighted by atomic mass is 10.1. The van der Waals surface area contributed by atoms with Crippen LogP contribution in [0.1, 0.15) is 28.3 Å². The van der Waals surface area contributed by atoms with Crippen molar-refractivity contribution >= 4 is 17.6 Å². The molecule has 2 atom stereocenters. The number of hydrogen-bond acceptors (Lipinski definition) is 2. The first-order valence-corrected chi connectivity index (χ1v) is 6.84. The summed E-state index contributed by atoms with van der Waals surface area (Å²) in [5.41, 5.74) is 1.87. The first-order chi connectivity index (χ1) is 10.1. The van der Waals surface area contributed by atoms with Crippen molar-refractivity contribution in [2.24, 2.45) is 5.92 Å². The number of hydrogen-bond donors (Lipinski definition) is 2. The molecule has 1 fully saturated rings. The summed E-state index contributed by atoms with van der Waals surface area (Å²) in [7, 11) is 0. The van der Waals surface area contributed by atoms with Crippen LogP contribution in [0.25, 0.3) is 0 Å². The first-order valence-electron chi connectivity index (χ1n) is 6.84. The van der Waals surface area contributed by atoms with Crippen molar-refractivity contribution in [3.63, 3.8) is 0 Å². The summed E-state index contributed by atoms with van der Waals surface area (Å²) in [4.78, 5) is 23.1. The van der Waals surface area contributed by atoms with Crippen LogP contribution in [0.4, 0.5) is 5.69 Å². The molecule has 3 rings (SSSR count). The minimum atomic E-state index is -1.00. The van der Waals surface area contributed by atoms with Gasteiger partial charge in [0.25, 0.3) is 0 Å². The number of nitrogens with one attached hydrogen (secondary N) is 1. The Morgan fingerprint density at radius 3 is 2.52 bits per heavy atom. The monoisotopic (exact) mass is 281 g/mol. The normalized spacial score (nSPS) is 19.8. The SMILES string of the molecule is O=C(O)c1cccc(NC(=O)C2CC2c2ccccc2)c1. The Hall–Kier alpha value is -2.62. The molecule has 1 aliphatic rings. The van der Waals surface area contributed by atoms with Gasteiger partial charge in [-0.3, -0.25) is 4.79 Å². The Labute approximate surface area is 122 Å². The predicted molar refractivity (Wildman–Crippen MR) is 79.3 cm³/mol. The minimum Gasteiger partial charge on any atom is -0.478 e. The second-order valence-electron chi connectivity index (χ2n) is 5.23. The highest BCUT2D eigenvalue weighted by atomic mass is 16.4. The molecule has 1 aliphatic carbocycles. The van der Waals surface area contributed by atoms with Crippen LogP contribution in [0.5, 0.6) is 0 Å². The van der Waals surface area contributed by atoms with Gasteiger partial charge >= 0.3 is 5.97 Å². The van der Waals surface area contributed by atoms with E-state index in [1.807, 2.05) is 30.3 Å². The topological polar surface area (TPSA) is 66.4 Å². The summed E-state index contributed by atoms with van der Waals surface area (Å²) < 4.78 is 0. The van der Waals surface area contributed by atoms with Crippen LogP contribution < -0.4 is 5.32 Å². The van der Waals surface area contributed by atoms with Crippen LogP contribution in [-0.2, 0) is 4.79 Å². The molecule has 0 aromatic heterocycles. The standard InChI is InChI=1S/C17H15NO3/c19-16(15-10-14(15)11-5-2-1-3-6-11)18-13-8-4-7-12(9-13)17(20)21/h1-9,14-15H,10H2,(H,18,19)(H,20,21). The van der Waals surface area contributed by atoms with Crippen molar-refractivity contribution < 1.29 is 14.7 Å². The third kappa shape index (κ3) is 2.94. The molecule has 0 saturated heterocycles. The molecule has 0 aliphatic heterocycles. The molecule has 21 heavy (non-hydrogen) atoms. The third-order valence-corrected chi connectivity index (χ3v) is 3.73. The number of carbonyl (C=O) groups is 2. The van der Waals surface area contributed by atoms with E-state index in [9.17, 15) is 9.59 Å². The van der Waals surface area contributed by atoms with Gasteiger partial charge in [0.2, 0.25) is 5.91 Å². The van der Waals surface area contributed by atoms with E-state index in [1.54, 1.807) is 12.1 Å². The number of carboxylic acid groups (broad SMARTS) is 1. The molecular weight excluding hydrogens is 266 g/mol. The zero-order chi connectivity index (χ0) is 14.8. The summed E-state index contributed by atoms with van der Waals surface area (Å²) in [6, 6.07) is 16.3. The second-order valence-corrected chi connectivity index (χ2v) is 5.23. The average molecular weight is 281 g/mol. The van der Waals surface area contributed by atoms with Gasteiger partial charge in [-0.25, -0.2) is 4.79 Å². The van der Waals surface area contributed by atoms with Gasteiger partial charge in [0, 0.05) is 11.6 Å². The Balaban J connectivity index is 1.66. The Bertz CT molecular complexity index is 681. The molecule has 2 aromatic rings. The van der Waals surface area contributed by atoms with E-state index in [0.29, 0.717) is 5.69 Å². The van der Waals surface area contributed by atoms with Crippen molar-refractivity contribution in [1.29, 1.82) is 0 Å². The number of benzene rings is 2. The van der Waals surface area contributed by atoms with E-state index in [1.165, 1.54) is 17.7 Å². The Morgan fingerprint density at radius 2 is 1.81 bits per heavy atom. The number of aromatic carboxylic acids is 1. The van der Waals surface area contributed by atoms with E-state index in [-0.39, 0.29) is 23.3 Å². The smallest absolute Gasteiger partial charge is 0.335 e. The number of carbonyl (C=O) groups excluding carboxylic acids is 1. The quantitative estimate of drug-likeness (QED) is 0.904. The highest BCUT2D eigenvalue weighted by Crippen LogP contribution is 2.47. The van der Waals surface area contributed by atoms with Gasteiger partial charge in [0.1, 0.15) is 0 Å². The van der Waals surface area contributed by atoms with Gasteiger partial charge in [-0.1, -0.05) is 36.4 Å². The van der Waals surface area contributed by atoms with E-state index in [2.05, 4.69) is 5.32 Å². The third-order valence-electron chi connectivity index (χ3n) is 3.73. The minimum absolute atomic E-state index is 0.0270. The molecule has 1 saturated carbocycles. The van der Waals surface area contributed by atoms with Gasteiger partial charge < -0.3 is 10.4 Å². The molecule has 2 aromatic carbocycles. The lowest BCUT2D eigenvalue weighted by molar-refractivity contribution is -0.117. The van der Waals surface area contributed by atoms with Crippen molar-refractivity contribution in [2.75, 3.05) is 5.32 Å². The van der Waals surface area contributed by atoms with Crippen LogP contribution >= 0.6 is 0 Å². The van der Waals surface area contributed by atoms with Crippen molar-refractivity contribution in [3.8, 4) is 0 Å². The molecule has 0 heterocycles. The number of anilines is 1. The Morgan fingerprint density at radius 1 is 1.05 bits per heavy atom. The van der Waals surface area contributed by atoms with Crippen LogP contribution in [0, 0.1) is 5.92 Å². The molecule has 1 amide bonds. The fourth-order valence-corrected chi connectivity index (χ4v) is 2.52. The lowest BCUT2D eigenvalue weighted by Gasteiger charge is -2.06. The fourth-order valence-electron chi connectivity index (χ4n) is 2.52. The maximum atomic E-state index is 12.2. The number of amides is 1. The van der Waals surface area contributed by atoms with E-state index < -0.39 is 5.97 Å². The molecule has 0 spiro atoms. The zero-order valence-corrected chi connectivity index (χ0v) is 11.3. The number of carboxylic acids is 1. The van der Waals surface area contributed by atoms with Crippen LogP contribution in [-0.4, -0.2) is 17.0 Å². The van der Waals surface area contributed by atoms with Crippen molar-refractivity contribution in [2.45, 2.75) is 12.3 Å². The molecule has 4 heteroatoms. The fraction of sp³-hybridized carbons (Fsp3) is 0.176. The van der Waals surface area contributed by atoms with Gasteiger partial charge in [0.05, 0.1) is 5.56 Å². The van der Waals surface area contributed by atoms with E-state index in [0.717, 1.165) is 6.42 Å². The molecule has 106 valence electrons. The molecule has 2 unspecified atom stereocenters. The maximum absolute atomic E-state index is 12.2. The zero-order valence-electron chi connectivity index (χ0n) is 11.3.